The molecular weight excluding hydrogens is 266 g/mol. The predicted octanol–water partition coefficient (Wildman–Crippen LogP) is 1.86. The molecule has 1 aromatic heterocycles. The summed E-state index contributed by atoms with van der Waals surface area (Å²) in [5.74, 6) is -0.634. The van der Waals surface area contributed by atoms with Crippen molar-refractivity contribution in [3.8, 4) is 0 Å². The second-order valence-corrected chi connectivity index (χ2v) is 5.88. The molecule has 2 aromatic rings. The van der Waals surface area contributed by atoms with E-state index in [1.807, 2.05) is 13.1 Å². The molecular formula is C16H18N3O2-. The second-order valence-electron chi connectivity index (χ2n) is 5.88. The van der Waals surface area contributed by atoms with Crippen LogP contribution in [0.25, 0.3) is 10.9 Å². The van der Waals surface area contributed by atoms with Crippen molar-refractivity contribution in [2.45, 2.75) is 38.5 Å². The maximum atomic E-state index is 12.0. The van der Waals surface area contributed by atoms with Crippen LogP contribution in [0.5, 0.6) is 0 Å². The lowest BCUT2D eigenvalue weighted by atomic mass is 9.93. The first kappa shape index (κ1) is 13.8. The fourth-order valence-corrected chi connectivity index (χ4v) is 2.82. The SMILES string of the molecule is CC(C)c1ccc2c(C3CCC(=O)N=C3[O-])nn(C)c2c1. The van der Waals surface area contributed by atoms with Crippen LogP contribution in [-0.4, -0.2) is 21.6 Å². The van der Waals surface area contributed by atoms with Gasteiger partial charge in [-0.1, -0.05) is 26.0 Å². The van der Waals surface area contributed by atoms with E-state index in [0.29, 0.717) is 18.8 Å². The molecule has 110 valence electrons. The number of aryl methyl sites for hydroxylation is 1. The number of aromatic nitrogens is 2. The quantitative estimate of drug-likeness (QED) is 0.845. The molecule has 1 amide bonds. The molecule has 1 unspecified atom stereocenters. The van der Waals surface area contributed by atoms with Gasteiger partial charge in [0.1, 0.15) is 0 Å². The topological polar surface area (TPSA) is 70.3 Å². The molecule has 1 aromatic carbocycles. The number of amides is 1. The molecule has 21 heavy (non-hydrogen) atoms. The Morgan fingerprint density at radius 2 is 2.14 bits per heavy atom. The van der Waals surface area contributed by atoms with Crippen LogP contribution in [0.3, 0.4) is 0 Å². The fourth-order valence-electron chi connectivity index (χ4n) is 2.82. The highest BCUT2D eigenvalue weighted by Gasteiger charge is 2.24. The highest BCUT2D eigenvalue weighted by Crippen LogP contribution is 2.31. The van der Waals surface area contributed by atoms with Gasteiger partial charge in [-0.25, -0.2) is 4.99 Å². The molecule has 2 heterocycles. The third-order valence-electron chi connectivity index (χ3n) is 4.08. The van der Waals surface area contributed by atoms with Gasteiger partial charge in [0.2, 0.25) is 5.91 Å². The first-order valence-electron chi connectivity index (χ1n) is 7.22. The van der Waals surface area contributed by atoms with Crippen LogP contribution < -0.4 is 5.11 Å². The van der Waals surface area contributed by atoms with Crippen LogP contribution in [0.1, 0.15) is 49.8 Å². The number of nitrogens with zero attached hydrogens (tertiary/aromatic N) is 3. The van der Waals surface area contributed by atoms with Gasteiger partial charge >= 0.3 is 0 Å². The molecule has 1 aliphatic heterocycles. The molecule has 0 radical (unpaired) electrons. The molecule has 0 spiro atoms. The Hall–Kier alpha value is -2.17. The molecule has 0 saturated carbocycles. The number of hydrogen-bond acceptors (Lipinski definition) is 3. The summed E-state index contributed by atoms with van der Waals surface area (Å²) in [6.07, 6.45) is 0.817. The first-order chi connectivity index (χ1) is 9.97. The predicted molar refractivity (Wildman–Crippen MR) is 79.2 cm³/mol. The smallest absolute Gasteiger partial charge is 0.244 e. The van der Waals surface area contributed by atoms with E-state index in [0.717, 1.165) is 16.6 Å². The largest absolute Gasteiger partial charge is 0.861 e. The lowest BCUT2D eigenvalue weighted by Crippen LogP contribution is -2.31. The van der Waals surface area contributed by atoms with Gasteiger partial charge in [-0.15, -0.1) is 0 Å². The molecule has 0 aliphatic carbocycles. The minimum absolute atomic E-state index is 0.318. The van der Waals surface area contributed by atoms with E-state index in [1.54, 1.807) is 4.68 Å². The molecule has 1 aliphatic rings. The number of aliphatic imine (C=N–C) groups is 1. The number of rotatable bonds is 2. The van der Waals surface area contributed by atoms with E-state index >= 15 is 0 Å². The van der Waals surface area contributed by atoms with Crippen LogP contribution in [0.2, 0.25) is 0 Å². The maximum Gasteiger partial charge on any atom is 0.244 e. The molecule has 1 atom stereocenters. The van der Waals surface area contributed by atoms with E-state index in [9.17, 15) is 9.90 Å². The highest BCUT2D eigenvalue weighted by molar-refractivity contribution is 5.97. The summed E-state index contributed by atoms with van der Waals surface area (Å²) >= 11 is 0. The summed E-state index contributed by atoms with van der Waals surface area (Å²) in [4.78, 5) is 14.8. The summed E-state index contributed by atoms with van der Waals surface area (Å²) in [6.45, 7) is 4.29. The maximum absolute atomic E-state index is 12.0. The van der Waals surface area contributed by atoms with Gasteiger partial charge in [0.05, 0.1) is 11.2 Å². The zero-order chi connectivity index (χ0) is 15.1. The second kappa shape index (κ2) is 4.98. The van der Waals surface area contributed by atoms with Crippen molar-refractivity contribution in [3.05, 3.63) is 29.5 Å². The van der Waals surface area contributed by atoms with Crippen LogP contribution in [-0.2, 0) is 11.8 Å². The average Bonchev–Trinajstić information content (AvgIpc) is 2.75. The van der Waals surface area contributed by atoms with Gasteiger partial charge in [-0.2, -0.15) is 5.10 Å². The summed E-state index contributed by atoms with van der Waals surface area (Å²) in [6, 6.07) is 6.22. The monoisotopic (exact) mass is 284 g/mol. The minimum Gasteiger partial charge on any atom is -0.861 e. The number of benzene rings is 1. The Morgan fingerprint density at radius 3 is 2.81 bits per heavy atom. The van der Waals surface area contributed by atoms with E-state index in [-0.39, 0.29) is 11.8 Å². The first-order valence-corrected chi connectivity index (χ1v) is 7.22. The van der Waals surface area contributed by atoms with E-state index in [1.165, 1.54) is 5.56 Å². The number of hydrogen-bond donors (Lipinski definition) is 0. The Labute approximate surface area is 123 Å². The molecule has 0 N–H and O–H groups in total. The van der Waals surface area contributed by atoms with Crippen molar-refractivity contribution < 1.29 is 9.90 Å². The van der Waals surface area contributed by atoms with Crippen LogP contribution in [0.15, 0.2) is 23.2 Å². The van der Waals surface area contributed by atoms with Crippen LogP contribution >= 0.6 is 0 Å². The Morgan fingerprint density at radius 1 is 1.38 bits per heavy atom. The van der Waals surface area contributed by atoms with Gasteiger partial charge in [0, 0.05) is 24.8 Å². The highest BCUT2D eigenvalue weighted by atomic mass is 16.3. The fraction of sp³-hybridized carbons (Fsp3) is 0.438. The minimum atomic E-state index is -0.392. The van der Waals surface area contributed by atoms with Crippen molar-refractivity contribution in [1.82, 2.24) is 9.78 Å². The Bertz CT molecular complexity index is 743. The molecule has 0 saturated heterocycles. The third-order valence-corrected chi connectivity index (χ3v) is 4.08. The van der Waals surface area contributed by atoms with E-state index < -0.39 is 5.92 Å². The van der Waals surface area contributed by atoms with Gasteiger partial charge in [0.15, 0.2) is 0 Å². The summed E-state index contributed by atoms with van der Waals surface area (Å²) in [5, 5.41) is 17.5. The van der Waals surface area contributed by atoms with Gasteiger partial charge < -0.3 is 5.11 Å². The lowest BCUT2D eigenvalue weighted by molar-refractivity contribution is -0.222. The molecule has 3 rings (SSSR count). The van der Waals surface area contributed by atoms with Crippen molar-refractivity contribution in [1.29, 1.82) is 0 Å². The lowest BCUT2D eigenvalue weighted by Gasteiger charge is -2.24. The molecule has 5 nitrogen and oxygen atoms in total. The zero-order valence-electron chi connectivity index (χ0n) is 12.5. The number of carbonyl (C=O) groups excluding carboxylic acids is 1. The van der Waals surface area contributed by atoms with Crippen LogP contribution in [0, 0.1) is 0 Å². The van der Waals surface area contributed by atoms with Gasteiger partial charge in [-0.3, -0.25) is 9.48 Å². The van der Waals surface area contributed by atoms with Gasteiger partial charge in [-0.05, 0) is 29.9 Å². The summed E-state index contributed by atoms with van der Waals surface area (Å²) in [5.41, 5.74) is 3.00. The standard InChI is InChI=1S/C16H19N3O2/c1-9(2)10-4-5-11-13(8-10)19(3)18-15(11)12-6-7-14(20)17-16(12)21/h4-5,8-9,12H,6-7H2,1-3H3,(H,17,20,21)/p-1. The summed E-state index contributed by atoms with van der Waals surface area (Å²) in [7, 11) is 1.88. The summed E-state index contributed by atoms with van der Waals surface area (Å²) < 4.78 is 1.81. The molecule has 0 bridgehead atoms. The van der Waals surface area contributed by atoms with E-state index in [2.05, 4.69) is 36.1 Å². The average molecular weight is 284 g/mol. The van der Waals surface area contributed by atoms with Crippen molar-refractivity contribution in [2.75, 3.05) is 0 Å². The normalized spacial score (nSPS) is 19.3. The molecule has 0 fully saturated rings. The van der Waals surface area contributed by atoms with Crippen molar-refractivity contribution in [2.24, 2.45) is 12.0 Å². The third kappa shape index (κ3) is 2.33. The van der Waals surface area contributed by atoms with E-state index in [4.69, 9.17) is 0 Å². The number of fused-ring (bicyclic) bond motifs is 1. The van der Waals surface area contributed by atoms with Crippen LogP contribution in [0.4, 0.5) is 0 Å². The Balaban J connectivity index is 2.12. The number of carbonyl (C=O) groups is 1. The van der Waals surface area contributed by atoms with Crippen molar-refractivity contribution >= 4 is 22.7 Å². The van der Waals surface area contributed by atoms with Crippen molar-refractivity contribution in [3.63, 3.8) is 0 Å². The zero-order valence-corrected chi connectivity index (χ0v) is 12.5. The Kier molecular flexibility index (Phi) is 3.27. The van der Waals surface area contributed by atoms with Gasteiger partial charge in [0.25, 0.3) is 0 Å². The molecule has 5 heteroatoms.